The lowest BCUT2D eigenvalue weighted by Gasteiger charge is -2.36. The Kier molecular flexibility index (Phi) is 10.9. The minimum Gasteiger partial charge on any atom is -0.480 e. The zero-order chi connectivity index (χ0) is 35.5. The molecule has 1 aliphatic rings. The summed E-state index contributed by atoms with van der Waals surface area (Å²) in [6, 6.07) is 12.3. The maximum atomic E-state index is 15.4. The number of guanidine groups is 1. The van der Waals surface area contributed by atoms with E-state index in [9.17, 15) is 19.1 Å². The molecule has 4 aromatic rings. The average molecular weight is 713 g/mol. The number of nitrogens with two attached hydrogens (primary N) is 1. The highest BCUT2D eigenvalue weighted by Gasteiger charge is 2.40. The number of carboxylic acid groups (broad SMARTS) is 1. The van der Waals surface area contributed by atoms with Gasteiger partial charge in [0.05, 0.1) is 11.4 Å². The maximum Gasteiger partial charge on any atom is 0.326 e. The van der Waals surface area contributed by atoms with Crippen LogP contribution < -0.4 is 16.4 Å². The van der Waals surface area contributed by atoms with Crippen LogP contribution in [0.4, 0.5) is 13.2 Å². The van der Waals surface area contributed by atoms with Crippen LogP contribution in [0.2, 0.25) is 5.02 Å². The summed E-state index contributed by atoms with van der Waals surface area (Å²) in [6.07, 6.45) is 2.63. The van der Waals surface area contributed by atoms with Gasteiger partial charge < -0.3 is 21.5 Å². The molecule has 258 valence electrons. The first-order chi connectivity index (χ1) is 23.3. The average Bonchev–Trinajstić information content (AvgIpc) is 3.43. The number of imidazole rings is 1. The van der Waals surface area contributed by atoms with E-state index in [1.54, 1.807) is 12.1 Å². The molecule has 0 radical (unpaired) electrons. The Bertz CT molecular complexity index is 1880. The molecule has 0 saturated heterocycles. The number of rotatable bonds is 12. The summed E-state index contributed by atoms with van der Waals surface area (Å²) < 4.78 is 46.8. The van der Waals surface area contributed by atoms with E-state index < -0.39 is 40.8 Å². The summed E-state index contributed by atoms with van der Waals surface area (Å²) in [5, 5.41) is 22.7. The lowest BCUT2D eigenvalue weighted by molar-refractivity contribution is -0.139. The van der Waals surface area contributed by atoms with Gasteiger partial charge in [-0.25, -0.2) is 22.9 Å². The quantitative estimate of drug-likeness (QED) is 0.0480. The highest BCUT2D eigenvalue weighted by Crippen LogP contribution is 2.46. The Morgan fingerprint density at radius 1 is 1.14 bits per heavy atom. The Hall–Kier alpha value is -4.49. The number of aromatic nitrogens is 2. The lowest BCUT2D eigenvalue weighted by Crippen LogP contribution is -2.41. The number of nitrogens with one attached hydrogen (secondary N) is 3. The third-order valence-electron chi connectivity index (χ3n) is 8.75. The second-order valence-electron chi connectivity index (χ2n) is 12.2. The van der Waals surface area contributed by atoms with Crippen molar-refractivity contribution in [2.45, 2.75) is 68.3 Å². The molecule has 0 bridgehead atoms. The van der Waals surface area contributed by atoms with Gasteiger partial charge in [-0.1, -0.05) is 35.5 Å². The molecular formula is C35H36ClF3N6O3S. The van der Waals surface area contributed by atoms with Gasteiger partial charge in [0.15, 0.2) is 11.1 Å². The van der Waals surface area contributed by atoms with Gasteiger partial charge in [0.2, 0.25) is 0 Å². The van der Waals surface area contributed by atoms with Crippen molar-refractivity contribution in [3.05, 3.63) is 111 Å². The lowest BCUT2D eigenvalue weighted by atomic mass is 9.71. The zero-order valence-corrected chi connectivity index (χ0v) is 28.5. The standard InChI is InChI=1S/C35H36ClF3N6O3S/c1-19-15-21(7-12-25(19)36)35(2)13-3-5-28-30(35)45(23-10-8-22(37)9-11-23)34(44-28)49-18-24-26(38)16-20(17-27(24)39)31(46)43-29(32(47)48)6-4-14-42-33(40)41/h7-12,15-17,29H,3-6,13-14,18H2,1-2H3,(H,43,46)(H,47,48)(H4,40,41,42)/t29-,35?/m0/s1. The largest absolute Gasteiger partial charge is 0.480 e. The summed E-state index contributed by atoms with van der Waals surface area (Å²) in [4.78, 5) is 29.4. The number of amides is 1. The molecule has 14 heteroatoms. The van der Waals surface area contributed by atoms with Crippen molar-refractivity contribution in [3.8, 4) is 5.69 Å². The van der Waals surface area contributed by atoms with Crippen molar-refractivity contribution in [1.29, 1.82) is 5.41 Å². The topological polar surface area (TPSA) is 146 Å². The van der Waals surface area contributed by atoms with Gasteiger partial charge in [-0.2, -0.15) is 0 Å². The fourth-order valence-electron chi connectivity index (χ4n) is 6.14. The molecule has 0 spiro atoms. The smallest absolute Gasteiger partial charge is 0.326 e. The number of hydrogen-bond acceptors (Lipinski definition) is 5. The fourth-order valence-corrected chi connectivity index (χ4v) is 7.31. The van der Waals surface area contributed by atoms with Gasteiger partial charge in [-0.15, -0.1) is 0 Å². The van der Waals surface area contributed by atoms with Crippen molar-refractivity contribution in [2.24, 2.45) is 5.73 Å². The van der Waals surface area contributed by atoms with Crippen molar-refractivity contribution < 1.29 is 27.9 Å². The Morgan fingerprint density at radius 3 is 2.47 bits per heavy atom. The predicted octanol–water partition coefficient (Wildman–Crippen LogP) is 6.63. The van der Waals surface area contributed by atoms with Gasteiger partial charge in [0.1, 0.15) is 23.5 Å². The van der Waals surface area contributed by atoms with Gasteiger partial charge in [-0.05, 0) is 99.5 Å². The molecule has 1 amide bonds. The molecule has 2 atom stereocenters. The van der Waals surface area contributed by atoms with Crippen LogP contribution in [0.1, 0.15) is 71.0 Å². The van der Waals surface area contributed by atoms with Crippen LogP contribution in [0.25, 0.3) is 5.69 Å². The molecule has 3 aromatic carbocycles. The number of carboxylic acids is 1. The van der Waals surface area contributed by atoms with E-state index in [1.807, 2.05) is 23.6 Å². The third-order valence-corrected chi connectivity index (χ3v) is 10.1. The number of hydrogen-bond donors (Lipinski definition) is 5. The predicted molar refractivity (Wildman–Crippen MR) is 183 cm³/mol. The van der Waals surface area contributed by atoms with E-state index in [2.05, 4.69) is 23.6 Å². The number of benzene rings is 3. The van der Waals surface area contributed by atoms with Crippen molar-refractivity contribution >= 4 is 41.2 Å². The minimum atomic E-state index is -1.32. The van der Waals surface area contributed by atoms with Gasteiger partial charge >= 0.3 is 5.97 Å². The number of thioether (sulfide) groups is 1. The monoisotopic (exact) mass is 712 g/mol. The van der Waals surface area contributed by atoms with Crippen LogP contribution >= 0.6 is 23.4 Å². The molecule has 5 rings (SSSR count). The van der Waals surface area contributed by atoms with E-state index in [-0.39, 0.29) is 42.2 Å². The van der Waals surface area contributed by atoms with Crippen molar-refractivity contribution in [1.82, 2.24) is 20.2 Å². The molecule has 1 aliphatic carbocycles. The molecule has 0 aliphatic heterocycles. The number of aliphatic carboxylic acids is 1. The molecule has 1 unspecified atom stereocenters. The number of carbonyl (C=O) groups excluding carboxylic acids is 1. The first-order valence-electron chi connectivity index (χ1n) is 15.7. The van der Waals surface area contributed by atoms with Crippen LogP contribution in [0, 0.1) is 29.8 Å². The second kappa shape index (κ2) is 15.0. The van der Waals surface area contributed by atoms with E-state index >= 15 is 8.78 Å². The van der Waals surface area contributed by atoms with E-state index in [0.29, 0.717) is 22.3 Å². The summed E-state index contributed by atoms with van der Waals surface area (Å²) in [5.74, 6) is -5.05. The molecule has 9 nitrogen and oxygen atoms in total. The van der Waals surface area contributed by atoms with Gasteiger partial charge in [-0.3, -0.25) is 14.8 Å². The number of aryl methyl sites for hydroxylation is 2. The molecule has 6 N–H and O–H groups in total. The van der Waals surface area contributed by atoms with E-state index in [0.717, 1.165) is 59.3 Å². The number of halogens is 4. The molecular weight excluding hydrogens is 677 g/mol. The van der Waals surface area contributed by atoms with E-state index in [1.165, 1.54) is 12.1 Å². The third kappa shape index (κ3) is 7.88. The zero-order valence-electron chi connectivity index (χ0n) is 26.9. The number of fused-ring (bicyclic) bond motifs is 1. The van der Waals surface area contributed by atoms with Gasteiger partial charge in [0, 0.05) is 39.5 Å². The Labute approximate surface area is 291 Å². The van der Waals surface area contributed by atoms with Crippen molar-refractivity contribution in [3.63, 3.8) is 0 Å². The minimum absolute atomic E-state index is 0.00237. The summed E-state index contributed by atoms with van der Waals surface area (Å²) in [7, 11) is 0. The normalized spacial score (nSPS) is 16.1. The molecule has 49 heavy (non-hydrogen) atoms. The fraction of sp³-hybridized carbons (Fsp3) is 0.314. The second-order valence-corrected chi connectivity index (χ2v) is 13.6. The van der Waals surface area contributed by atoms with E-state index in [4.69, 9.17) is 27.7 Å². The maximum absolute atomic E-state index is 15.4. The summed E-state index contributed by atoms with van der Waals surface area (Å²) >= 11 is 7.47. The van der Waals surface area contributed by atoms with Crippen LogP contribution in [0.3, 0.4) is 0 Å². The number of nitrogens with zero attached hydrogens (tertiary/aromatic N) is 2. The van der Waals surface area contributed by atoms with Crippen LogP contribution in [-0.2, 0) is 22.4 Å². The van der Waals surface area contributed by atoms with Gasteiger partial charge in [0.25, 0.3) is 5.91 Å². The SMILES string of the molecule is Cc1cc(C2(C)CCCc3nc(SCc4c(F)cc(C(=O)N[C@@H](CCCNC(=N)N)C(=O)O)cc4F)n(-c4ccc(F)cc4)c32)ccc1Cl. The summed E-state index contributed by atoms with van der Waals surface area (Å²) in [5.41, 5.74) is 8.44. The molecule has 0 fully saturated rings. The van der Waals surface area contributed by atoms with Crippen LogP contribution in [0.5, 0.6) is 0 Å². The highest BCUT2D eigenvalue weighted by atomic mass is 35.5. The Balaban J connectivity index is 1.43. The molecule has 1 heterocycles. The van der Waals surface area contributed by atoms with Crippen LogP contribution in [-0.4, -0.2) is 45.1 Å². The highest BCUT2D eigenvalue weighted by molar-refractivity contribution is 7.98. The van der Waals surface area contributed by atoms with Crippen LogP contribution in [0.15, 0.2) is 59.8 Å². The Morgan fingerprint density at radius 2 is 1.84 bits per heavy atom. The molecule has 0 saturated carbocycles. The molecule has 1 aromatic heterocycles. The summed E-state index contributed by atoms with van der Waals surface area (Å²) in [6.45, 7) is 4.29. The van der Waals surface area contributed by atoms with Crippen molar-refractivity contribution in [2.75, 3.05) is 6.54 Å². The number of carbonyl (C=O) groups is 2. The first kappa shape index (κ1) is 35.8. The first-order valence-corrected chi connectivity index (χ1v) is 17.0.